The summed E-state index contributed by atoms with van der Waals surface area (Å²) in [4.78, 5) is 32.2. The van der Waals surface area contributed by atoms with Crippen molar-refractivity contribution in [2.75, 3.05) is 11.9 Å². The monoisotopic (exact) mass is 463 g/mol. The van der Waals surface area contributed by atoms with Crippen molar-refractivity contribution in [3.8, 4) is 11.6 Å². The summed E-state index contributed by atoms with van der Waals surface area (Å²) in [6.45, 7) is -0.705. The molecule has 0 aliphatic rings. The molecule has 3 aromatic rings. The zero-order valence-electron chi connectivity index (χ0n) is 14.6. The van der Waals surface area contributed by atoms with Crippen LogP contribution in [0.4, 0.5) is 14.5 Å². The zero-order valence-corrected chi connectivity index (χ0v) is 16.2. The molecule has 148 valence electrons. The van der Waals surface area contributed by atoms with Crippen molar-refractivity contribution in [2.45, 2.75) is 0 Å². The third-order valence-electron chi connectivity index (χ3n) is 3.45. The first-order chi connectivity index (χ1) is 13.9. The van der Waals surface area contributed by atoms with Crippen molar-refractivity contribution in [1.29, 1.82) is 0 Å². The number of nitrogens with one attached hydrogen (secondary N) is 1. The van der Waals surface area contributed by atoms with Crippen LogP contribution in [0.5, 0.6) is 11.6 Å². The van der Waals surface area contributed by atoms with Crippen molar-refractivity contribution in [3.63, 3.8) is 0 Å². The van der Waals surface area contributed by atoms with E-state index in [4.69, 9.17) is 9.47 Å². The summed E-state index contributed by atoms with van der Waals surface area (Å²) >= 11 is 2.95. The predicted molar refractivity (Wildman–Crippen MR) is 102 cm³/mol. The molecule has 0 saturated carbocycles. The summed E-state index contributed by atoms with van der Waals surface area (Å²) in [5, 5.41) is 2.21. The van der Waals surface area contributed by atoms with Gasteiger partial charge in [0.25, 0.3) is 5.91 Å². The van der Waals surface area contributed by atoms with Crippen LogP contribution in [0.25, 0.3) is 0 Å². The van der Waals surface area contributed by atoms with E-state index in [1.54, 1.807) is 18.3 Å². The number of ether oxygens (including phenoxy) is 2. The smallest absolute Gasteiger partial charge is 0.344 e. The summed E-state index contributed by atoms with van der Waals surface area (Å²) in [6, 6.07) is 7.78. The summed E-state index contributed by atoms with van der Waals surface area (Å²) in [5.41, 5.74) is -0.285. The Morgan fingerprint density at radius 3 is 2.66 bits per heavy atom. The average molecular weight is 464 g/mol. The van der Waals surface area contributed by atoms with Gasteiger partial charge in [0.05, 0.1) is 11.9 Å². The number of aromatic nitrogens is 2. The van der Waals surface area contributed by atoms with E-state index in [1.165, 1.54) is 24.5 Å². The SMILES string of the molecule is O=C(COC(=O)c1cccnc1Oc1cccnc1)Nc1c(F)cc(F)cc1Br. The summed E-state index contributed by atoms with van der Waals surface area (Å²) in [7, 11) is 0. The van der Waals surface area contributed by atoms with Crippen LogP contribution in [0.3, 0.4) is 0 Å². The minimum absolute atomic E-state index is 0.00842. The van der Waals surface area contributed by atoms with E-state index in [9.17, 15) is 18.4 Å². The Hall–Kier alpha value is -3.40. The fraction of sp³-hybridized carbons (Fsp3) is 0.0526. The number of anilines is 1. The molecule has 0 bridgehead atoms. The highest BCUT2D eigenvalue weighted by atomic mass is 79.9. The number of hydrogen-bond donors (Lipinski definition) is 1. The van der Waals surface area contributed by atoms with Crippen molar-refractivity contribution < 1.29 is 27.8 Å². The highest BCUT2D eigenvalue weighted by Gasteiger charge is 2.18. The maximum atomic E-state index is 13.8. The van der Waals surface area contributed by atoms with Gasteiger partial charge in [-0.15, -0.1) is 0 Å². The van der Waals surface area contributed by atoms with Gasteiger partial charge in [-0.05, 0) is 46.3 Å². The first kappa shape index (κ1) is 20.3. The van der Waals surface area contributed by atoms with Crippen molar-refractivity contribution in [1.82, 2.24) is 9.97 Å². The van der Waals surface area contributed by atoms with E-state index in [1.807, 2.05) is 0 Å². The molecule has 1 N–H and O–H groups in total. The van der Waals surface area contributed by atoms with Gasteiger partial charge in [-0.2, -0.15) is 0 Å². The lowest BCUT2D eigenvalue weighted by molar-refractivity contribution is -0.119. The number of pyridine rings is 2. The van der Waals surface area contributed by atoms with Crippen LogP contribution in [0.2, 0.25) is 0 Å². The molecule has 0 radical (unpaired) electrons. The first-order valence-corrected chi connectivity index (χ1v) is 8.88. The number of carbonyl (C=O) groups excluding carboxylic acids is 2. The molecule has 29 heavy (non-hydrogen) atoms. The number of nitrogens with zero attached hydrogens (tertiary/aromatic N) is 2. The largest absolute Gasteiger partial charge is 0.452 e. The maximum Gasteiger partial charge on any atom is 0.344 e. The summed E-state index contributed by atoms with van der Waals surface area (Å²) < 4.78 is 37.3. The maximum absolute atomic E-state index is 13.8. The lowest BCUT2D eigenvalue weighted by atomic mass is 10.2. The Bertz CT molecular complexity index is 1030. The molecule has 1 aromatic carbocycles. The van der Waals surface area contributed by atoms with Crippen molar-refractivity contribution in [2.24, 2.45) is 0 Å². The second-order valence-electron chi connectivity index (χ2n) is 5.52. The Labute approximate surface area is 171 Å². The molecule has 0 spiro atoms. The molecule has 10 heteroatoms. The van der Waals surface area contributed by atoms with Gasteiger partial charge < -0.3 is 14.8 Å². The van der Waals surface area contributed by atoms with E-state index in [-0.39, 0.29) is 21.6 Å². The quantitative estimate of drug-likeness (QED) is 0.553. The predicted octanol–water partition coefficient (Wildman–Crippen LogP) is 4.11. The molecule has 7 nitrogen and oxygen atoms in total. The van der Waals surface area contributed by atoms with Gasteiger partial charge in [0.1, 0.15) is 17.1 Å². The van der Waals surface area contributed by atoms with Crippen molar-refractivity contribution >= 4 is 33.5 Å². The number of hydrogen-bond acceptors (Lipinski definition) is 6. The van der Waals surface area contributed by atoms with E-state index in [0.29, 0.717) is 11.8 Å². The lowest BCUT2D eigenvalue weighted by Crippen LogP contribution is -2.22. The molecular formula is C19H12BrF2N3O4. The van der Waals surface area contributed by atoms with Gasteiger partial charge in [-0.25, -0.2) is 18.6 Å². The highest BCUT2D eigenvalue weighted by molar-refractivity contribution is 9.10. The van der Waals surface area contributed by atoms with E-state index >= 15 is 0 Å². The molecule has 3 rings (SSSR count). The Morgan fingerprint density at radius 1 is 1.14 bits per heavy atom. The molecule has 0 unspecified atom stereocenters. The topological polar surface area (TPSA) is 90.4 Å². The van der Waals surface area contributed by atoms with Gasteiger partial charge in [0.2, 0.25) is 5.88 Å². The molecule has 0 aliphatic heterocycles. The van der Waals surface area contributed by atoms with Gasteiger partial charge in [-0.3, -0.25) is 9.78 Å². The Morgan fingerprint density at radius 2 is 1.93 bits per heavy atom. The Kier molecular flexibility index (Phi) is 6.45. The molecule has 2 heterocycles. The fourth-order valence-corrected chi connectivity index (χ4v) is 2.70. The summed E-state index contributed by atoms with van der Waals surface area (Å²) in [5.74, 6) is -3.14. The molecule has 0 aliphatic carbocycles. The van der Waals surface area contributed by atoms with Crippen LogP contribution in [0, 0.1) is 11.6 Å². The number of amides is 1. The van der Waals surface area contributed by atoms with Crippen LogP contribution < -0.4 is 10.1 Å². The number of carbonyl (C=O) groups is 2. The molecule has 2 aromatic heterocycles. The van der Waals surface area contributed by atoms with Gasteiger partial charge in [-0.1, -0.05) is 0 Å². The average Bonchev–Trinajstić information content (AvgIpc) is 2.70. The van der Waals surface area contributed by atoms with Crippen LogP contribution >= 0.6 is 15.9 Å². The molecule has 0 atom stereocenters. The number of benzene rings is 1. The minimum atomic E-state index is -0.976. The van der Waals surface area contributed by atoms with E-state index in [2.05, 4.69) is 31.2 Å². The fourth-order valence-electron chi connectivity index (χ4n) is 2.19. The zero-order chi connectivity index (χ0) is 20.8. The van der Waals surface area contributed by atoms with Gasteiger partial charge >= 0.3 is 5.97 Å². The molecule has 0 fully saturated rings. The number of halogens is 3. The summed E-state index contributed by atoms with van der Waals surface area (Å²) in [6.07, 6.45) is 4.41. The lowest BCUT2D eigenvalue weighted by Gasteiger charge is -2.11. The normalized spacial score (nSPS) is 10.3. The molecule has 1 amide bonds. The van der Waals surface area contributed by atoms with Crippen LogP contribution in [-0.2, 0) is 9.53 Å². The van der Waals surface area contributed by atoms with E-state index < -0.39 is 30.1 Å². The standard InChI is InChI=1S/C19H12BrF2N3O4/c20-14-7-11(21)8-15(22)17(14)25-16(26)10-28-19(27)13-4-2-6-24-18(13)29-12-3-1-5-23-9-12/h1-9H,10H2,(H,25,26). The molecule has 0 saturated heterocycles. The first-order valence-electron chi connectivity index (χ1n) is 8.08. The van der Waals surface area contributed by atoms with Crippen LogP contribution in [0.15, 0.2) is 59.5 Å². The second kappa shape index (κ2) is 9.20. The molecular weight excluding hydrogens is 452 g/mol. The number of esters is 1. The third kappa shape index (κ3) is 5.32. The highest BCUT2D eigenvalue weighted by Crippen LogP contribution is 2.27. The second-order valence-corrected chi connectivity index (χ2v) is 6.37. The van der Waals surface area contributed by atoms with Crippen LogP contribution in [-0.4, -0.2) is 28.5 Å². The Balaban J connectivity index is 1.65. The minimum Gasteiger partial charge on any atom is -0.452 e. The number of rotatable bonds is 6. The van der Waals surface area contributed by atoms with Crippen molar-refractivity contribution in [3.05, 3.63) is 76.7 Å². The van der Waals surface area contributed by atoms with Crippen LogP contribution in [0.1, 0.15) is 10.4 Å². The van der Waals surface area contributed by atoms with Gasteiger partial charge in [0, 0.05) is 22.9 Å². The van der Waals surface area contributed by atoms with E-state index in [0.717, 1.165) is 6.07 Å². The third-order valence-corrected chi connectivity index (χ3v) is 4.07. The van der Waals surface area contributed by atoms with Gasteiger partial charge in [0.15, 0.2) is 12.4 Å².